The molecule has 0 bridgehead atoms. The molecule has 0 radical (unpaired) electrons. The van der Waals surface area contributed by atoms with Gasteiger partial charge in [0.15, 0.2) is 0 Å². The van der Waals surface area contributed by atoms with Crippen molar-refractivity contribution in [1.82, 2.24) is 0 Å². The minimum atomic E-state index is -0.342. The number of anilines is 1. The van der Waals surface area contributed by atoms with Gasteiger partial charge >= 0.3 is 0 Å². The monoisotopic (exact) mass is 293 g/mol. The third-order valence-electron chi connectivity index (χ3n) is 2.57. The predicted molar refractivity (Wildman–Crippen MR) is 81.9 cm³/mol. The molecule has 0 aliphatic carbocycles. The van der Waals surface area contributed by atoms with Crippen LogP contribution in [0.5, 0.6) is 11.5 Å². The first-order valence-electron chi connectivity index (χ1n) is 7.25. The van der Waals surface area contributed by atoms with E-state index in [1.807, 2.05) is 13.8 Å². The lowest BCUT2D eigenvalue weighted by Gasteiger charge is -2.14. The number of amides is 1. The number of benzene rings is 1. The molecule has 0 aromatic heterocycles. The Morgan fingerprint density at radius 1 is 1.10 bits per heavy atom. The number of carbonyl (C=O) groups excluding carboxylic acids is 2. The minimum Gasteiger partial charge on any atom is -0.493 e. The molecule has 1 amide bonds. The Morgan fingerprint density at radius 2 is 1.76 bits per heavy atom. The van der Waals surface area contributed by atoms with Gasteiger partial charge in [-0.1, -0.05) is 13.8 Å². The third-order valence-corrected chi connectivity index (χ3v) is 2.57. The molecule has 1 N–H and O–H groups in total. The summed E-state index contributed by atoms with van der Waals surface area (Å²) in [5.74, 6) is 0.743. The van der Waals surface area contributed by atoms with E-state index >= 15 is 0 Å². The van der Waals surface area contributed by atoms with Gasteiger partial charge in [0.05, 0.1) is 25.3 Å². The average Bonchev–Trinajstić information content (AvgIpc) is 2.43. The van der Waals surface area contributed by atoms with Gasteiger partial charge in [-0.25, -0.2) is 0 Å². The van der Waals surface area contributed by atoms with E-state index in [-0.39, 0.29) is 18.1 Å². The molecule has 0 aliphatic rings. The van der Waals surface area contributed by atoms with Crippen LogP contribution in [0.1, 0.15) is 40.0 Å². The molecule has 5 nitrogen and oxygen atoms in total. The number of carbonyl (C=O) groups is 2. The molecule has 1 aromatic rings. The SMILES string of the molecule is CCCOc1ccc(NC(=O)CC(C)=O)c(OCCC)c1. The Hall–Kier alpha value is -2.04. The van der Waals surface area contributed by atoms with Gasteiger partial charge in [0, 0.05) is 6.07 Å². The zero-order valence-electron chi connectivity index (χ0n) is 12.9. The van der Waals surface area contributed by atoms with Gasteiger partial charge in [-0.2, -0.15) is 0 Å². The Morgan fingerprint density at radius 3 is 2.38 bits per heavy atom. The second-order valence-electron chi connectivity index (χ2n) is 4.78. The number of ether oxygens (including phenoxy) is 2. The fourth-order valence-corrected chi connectivity index (χ4v) is 1.67. The second-order valence-corrected chi connectivity index (χ2v) is 4.78. The zero-order valence-corrected chi connectivity index (χ0v) is 12.9. The third kappa shape index (κ3) is 6.29. The summed E-state index contributed by atoms with van der Waals surface area (Å²) in [6.07, 6.45) is 1.64. The Balaban J connectivity index is 2.84. The highest BCUT2D eigenvalue weighted by Gasteiger charge is 2.11. The van der Waals surface area contributed by atoms with Crippen LogP contribution in [0.15, 0.2) is 18.2 Å². The summed E-state index contributed by atoms with van der Waals surface area (Å²) in [5, 5.41) is 2.69. The largest absolute Gasteiger partial charge is 0.493 e. The van der Waals surface area contributed by atoms with Crippen molar-refractivity contribution in [2.75, 3.05) is 18.5 Å². The summed E-state index contributed by atoms with van der Waals surface area (Å²) in [6, 6.07) is 5.26. The van der Waals surface area contributed by atoms with Crippen molar-refractivity contribution in [1.29, 1.82) is 0 Å². The first kappa shape index (κ1) is 17.0. The van der Waals surface area contributed by atoms with Gasteiger partial charge in [-0.3, -0.25) is 9.59 Å². The standard InChI is InChI=1S/C16H23NO4/c1-4-8-20-13-6-7-14(15(11-13)21-9-5-2)17-16(19)10-12(3)18/h6-7,11H,4-5,8-10H2,1-3H3,(H,17,19). The van der Waals surface area contributed by atoms with Gasteiger partial charge < -0.3 is 14.8 Å². The van der Waals surface area contributed by atoms with Crippen LogP contribution in [0, 0.1) is 0 Å². The van der Waals surface area contributed by atoms with Crippen LogP contribution >= 0.6 is 0 Å². The fraction of sp³-hybridized carbons (Fsp3) is 0.500. The Kier molecular flexibility index (Phi) is 7.29. The van der Waals surface area contributed by atoms with E-state index in [9.17, 15) is 9.59 Å². The fourth-order valence-electron chi connectivity index (χ4n) is 1.67. The summed E-state index contributed by atoms with van der Waals surface area (Å²) in [6.45, 7) is 6.60. The van der Waals surface area contributed by atoms with Gasteiger partial charge in [0.1, 0.15) is 17.3 Å². The van der Waals surface area contributed by atoms with E-state index in [1.54, 1.807) is 18.2 Å². The van der Waals surface area contributed by atoms with Crippen LogP contribution in [-0.2, 0) is 9.59 Å². The molecule has 0 spiro atoms. The molecule has 0 atom stereocenters. The van der Waals surface area contributed by atoms with E-state index in [4.69, 9.17) is 9.47 Å². The first-order chi connectivity index (χ1) is 10.1. The van der Waals surface area contributed by atoms with Crippen LogP contribution < -0.4 is 14.8 Å². The van der Waals surface area contributed by atoms with Crippen molar-refractivity contribution >= 4 is 17.4 Å². The molecule has 0 saturated carbocycles. The first-order valence-corrected chi connectivity index (χ1v) is 7.25. The van der Waals surface area contributed by atoms with Crippen molar-refractivity contribution in [2.45, 2.75) is 40.0 Å². The van der Waals surface area contributed by atoms with Crippen molar-refractivity contribution in [3.63, 3.8) is 0 Å². The maximum absolute atomic E-state index is 11.7. The smallest absolute Gasteiger partial charge is 0.231 e. The molecule has 0 saturated heterocycles. The quantitative estimate of drug-likeness (QED) is 0.710. The molecule has 116 valence electrons. The van der Waals surface area contributed by atoms with E-state index in [2.05, 4.69) is 5.32 Å². The maximum Gasteiger partial charge on any atom is 0.231 e. The summed E-state index contributed by atoms with van der Waals surface area (Å²) in [5.41, 5.74) is 0.554. The summed E-state index contributed by atoms with van der Waals surface area (Å²) in [7, 11) is 0. The molecule has 0 aliphatic heterocycles. The summed E-state index contributed by atoms with van der Waals surface area (Å²) >= 11 is 0. The summed E-state index contributed by atoms with van der Waals surface area (Å²) < 4.78 is 11.2. The van der Waals surface area contributed by atoms with E-state index < -0.39 is 0 Å². The van der Waals surface area contributed by atoms with Crippen LogP contribution in [-0.4, -0.2) is 24.9 Å². The van der Waals surface area contributed by atoms with Crippen LogP contribution in [0.3, 0.4) is 0 Å². The predicted octanol–water partition coefficient (Wildman–Crippen LogP) is 3.18. The molecular formula is C16H23NO4. The molecule has 21 heavy (non-hydrogen) atoms. The molecule has 0 fully saturated rings. The molecule has 0 heterocycles. The van der Waals surface area contributed by atoms with E-state index in [1.165, 1.54) is 6.92 Å². The van der Waals surface area contributed by atoms with Crippen LogP contribution in [0.2, 0.25) is 0 Å². The van der Waals surface area contributed by atoms with Gasteiger partial charge in [0.25, 0.3) is 0 Å². The van der Waals surface area contributed by atoms with Crippen molar-refractivity contribution in [3.05, 3.63) is 18.2 Å². The van der Waals surface area contributed by atoms with Gasteiger partial charge in [-0.05, 0) is 31.9 Å². The lowest BCUT2D eigenvalue weighted by molar-refractivity contribution is -0.124. The topological polar surface area (TPSA) is 64.6 Å². The molecular weight excluding hydrogens is 270 g/mol. The van der Waals surface area contributed by atoms with Crippen molar-refractivity contribution < 1.29 is 19.1 Å². The minimum absolute atomic E-state index is 0.138. The lowest BCUT2D eigenvalue weighted by atomic mass is 10.2. The summed E-state index contributed by atoms with van der Waals surface area (Å²) in [4.78, 5) is 22.6. The van der Waals surface area contributed by atoms with Crippen LogP contribution in [0.4, 0.5) is 5.69 Å². The molecule has 0 unspecified atom stereocenters. The normalized spacial score (nSPS) is 10.0. The van der Waals surface area contributed by atoms with E-state index in [0.717, 1.165) is 12.8 Å². The molecule has 5 heteroatoms. The van der Waals surface area contributed by atoms with Gasteiger partial charge in [-0.15, -0.1) is 0 Å². The molecule has 1 rings (SSSR count). The second kappa shape index (κ2) is 9.00. The maximum atomic E-state index is 11.7. The number of hydrogen-bond donors (Lipinski definition) is 1. The lowest BCUT2D eigenvalue weighted by Crippen LogP contribution is -2.15. The van der Waals surface area contributed by atoms with Crippen molar-refractivity contribution in [3.8, 4) is 11.5 Å². The zero-order chi connectivity index (χ0) is 15.7. The number of hydrogen-bond acceptors (Lipinski definition) is 4. The highest BCUT2D eigenvalue weighted by Crippen LogP contribution is 2.30. The highest BCUT2D eigenvalue weighted by atomic mass is 16.5. The van der Waals surface area contributed by atoms with Crippen LogP contribution in [0.25, 0.3) is 0 Å². The van der Waals surface area contributed by atoms with Crippen molar-refractivity contribution in [2.24, 2.45) is 0 Å². The Bertz CT molecular complexity index is 485. The van der Waals surface area contributed by atoms with E-state index in [0.29, 0.717) is 30.4 Å². The number of rotatable bonds is 9. The number of ketones is 1. The number of nitrogens with one attached hydrogen (secondary N) is 1. The van der Waals surface area contributed by atoms with Gasteiger partial charge in [0.2, 0.25) is 5.91 Å². The highest BCUT2D eigenvalue weighted by molar-refractivity contribution is 6.04. The molecule has 1 aromatic carbocycles. The average molecular weight is 293 g/mol. The number of Topliss-reactive ketones (excluding diaryl/α,β-unsaturated/α-hetero) is 1. The Labute approximate surface area is 125 Å².